The lowest BCUT2D eigenvalue weighted by Crippen LogP contribution is -2.23. The standard InChI is InChI=1S/C23H24N2O5S/c1-5-29-18-12-9-16(19(14-18)30-6-2)13-20-21(26)25(3)23(31-20)24-17-10-7-15(8-11-17)22(27)28-4/h7-14H,5-6H2,1-4H3/b20-13-,24-23?. The van der Waals surface area contributed by atoms with Crippen molar-refractivity contribution in [3.8, 4) is 11.5 Å². The zero-order chi connectivity index (χ0) is 22.4. The van der Waals surface area contributed by atoms with E-state index in [2.05, 4.69) is 4.99 Å². The Labute approximate surface area is 185 Å². The molecule has 0 aromatic heterocycles. The van der Waals surface area contributed by atoms with Crippen molar-refractivity contribution in [2.45, 2.75) is 13.8 Å². The number of hydrogen-bond donors (Lipinski definition) is 0. The zero-order valence-corrected chi connectivity index (χ0v) is 18.7. The molecule has 0 atom stereocenters. The molecule has 1 aliphatic rings. The van der Waals surface area contributed by atoms with Gasteiger partial charge in [-0.2, -0.15) is 0 Å². The number of carbonyl (C=O) groups excluding carboxylic acids is 2. The highest BCUT2D eigenvalue weighted by Crippen LogP contribution is 2.35. The van der Waals surface area contributed by atoms with Gasteiger partial charge in [0.05, 0.1) is 36.5 Å². The lowest BCUT2D eigenvalue weighted by Gasteiger charge is -2.10. The Morgan fingerprint density at radius 3 is 2.45 bits per heavy atom. The second kappa shape index (κ2) is 10.2. The maximum atomic E-state index is 12.8. The van der Waals surface area contributed by atoms with E-state index in [1.165, 1.54) is 23.8 Å². The quantitative estimate of drug-likeness (QED) is 0.466. The molecule has 0 unspecified atom stereocenters. The molecule has 7 nitrogen and oxygen atoms in total. The first-order valence-corrected chi connectivity index (χ1v) is 10.6. The monoisotopic (exact) mass is 440 g/mol. The number of carbonyl (C=O) groups is 2. The lowest BCUT2D eigenvalue weighted by molar-refractivity contribution is -0.121. The molecule has 31 heavy (non-hydrogen) atoms. The highest BCUT2D eigenvalue weighted by Gasteiger charge is 2.30. The maximum Gasteiger partial charge on any atom is 0.337 e. The van der Waals surface area contributed by atoms with E-state index < -0.39 is 5.97 Å². The number of aliphatic imine (C=N–C) groups is 1. The number of amidine groups is 1. The summed E-state index contributed by atoms with van der Waals surface area (Å²) in [5.74, 6) is 0.813. The number of rotatable bonds is 7. The third kappa shape index (κ3) is 5.27. The van der Waals surface area contributed by atoms with Crippen LogP contribution in [-0.4, -0.2) is 49.3 Å². The second-order valence-corrected chi connectivity index (χ2v) is 7.48. The van der Waals surface area contributed by atoms with Crippen LogP contribution < -0.4 is 9.47 Å². The number of amides is 1. The fraction of sp³-hybridized carbons (Fsp3) is 0.261. The van der Waals surface area contributed by atoms with E-state index in [4.69, 9.17) is 14.2 Å². The molecular formula is C23H24N2O5S. The van der Waals surface area contributed by atoms with E-state index >= 15 is 0 Å². The Bertz CT molecular complexity index is 1030. The number of esters is 1. The van der Waals surface area contributed by atoms with Crippen LogP contribution in [0.5, 0.6) is 11.5 Å². The number of hydrogen-bond acceptors (Lipinski definition) is 7. The third-order valence-corrected chi connectivity index (χ3v) is 5.46. The second-order valence-electron chi connectivity index (χ2n) is 6.47. The third-order valence-electron chi connectivity index (χ3n) is 4.40. The highest BCUT2D eigenvalue weighted by molar-refractivity contribution is 8.18. The van der Waals surface area contributed by atoms with E-state index in [-0.39, 0.29) is 5.91 Å². The summed E-state index contributed by atoms with van der Waals surface area (Å²) in [6.07, 6.45) is 1.80. The SMILES string of the molecule is CCOc1ccc(/C=C2\SC(=Nc3ccc(C(=O)OC)cc3)N(C)C2=O)c(OCC)c1. The minimum Gasteiger partial charge on any atom is -0.494 e. The number of thioether (sulfide) groups is 1. The van der Waals surface area contributed by atoms with Gasteiger partial charge < -0.3 is 14.2 Å². The first-order valence-electron chi connectivity index (χ1n) is 9.81. The molecule has 0 N–H and O–H groups in total. The van der Waals surface area contributed by atoms with E-state index in [9.17, 15) is 9.59 Å². The predicted octanol–water partition coefficient (Wildman–Crippen LogP) is 4.50. The molecule has 3 rings (SSSR count). The molecule has 8 heteroatoms. The Kier molecular flexibility index (Phi) is 7.36. The normalized spacial score (nSPS) is 16.1. The molecule has 0 radical (unpaired) electrons. The summed E-state index contributed by atoms with van der Waals surface area (Å²) in [4.78, 5) is 30.9. The van der Waals surface area contributed by atoms with Gasteiger partial charge >= 0.3 is 5.97 Å². The number of ether oxygens (including phenoxy) is 3. The molecule has 0 aliphatic carbocycles. The Hall–Kier alpha value is -3.26. The van der Waals surface area contributed by atoms with Gasteiger partial charge in [-0.1, -0.05) is 0 Å². The Morgan fingerprint density at radius 1 is 1.10 bits per heavy atom. The minimum atomic E-state index is -0.410. The smallest absolute Gasteiger partial charge is 0.337 e. The van der Waals surface area contributed by atoms with Gasteiger partial charge in [-0.3, -0.25) is 9.69 Å². The van der Waals surface area contributed by atoms with Crippen LogP contribution in [-0.2, 0) is 9.53 Å². The average molecular weight is 441 g/mol. The van der Waals surface area contributed by atoms with Crippen molar-refractivity contribution in [1.82, 2.24) is 4.90 Å². The molecule has 0 saturated carbocycles. The van der Waals surface area contributed by atoms with Crippen LogP contribution in [0.25, 0.3) is 6.08 Å². The van der Waals surface area contributed by atoms with Crippen LogP contribution >= 0.6 is 11.8 Å². The van der Waals surface area contributed by atoms with Gasteiger partial charge in [0.15, 0.2) is 5.17 Å². The summed E-state index contributed by atoms with van der Waals surface area (Å²) in [6.45, 7) is 4.89. The number of likely N-dealkylation sites (N-methyl/N-ethyl adjacent to an activating group) is 1. The van der Waals surface area contributed by atoms with E-state index in [1.54, 1.807) is 37.4 Å². The van der Waals surface area contributed by atoms with Crippen molar-refractivity contribution in [3.05, 3.63) is 58.5 Å². The molecule has 0 bridgehead atoms. The van der Waals surface area contributed by atoms with Crippen molar-refractivity contribution in [2.24, 2.45) is 4.99 Å². The predicted molar refractivity (Wildman–Crippen MR) is 122 cm³/mol. The summed E-state index contributed by atoms with van der Waals surface area (Å²) >= 11 is 1.28. The highest BCUT2D eigenvalue weighted by atomic mass is 32.2. The summed E-state index contributed by atoms with van der Waals surface area (Å²) in [5, 5.41) is 0.547. The van der Waals surface area contributed by atoms with Crippen LogP contribution in [0, 0.1) is 0 Å². The van der Waals surface area contributed by atoms with Gasteiger partial charge in [-0.15, -0.1) is 0 Å². The van der Waals surface area contributed by atoms with Crippen LogP contribution in [0.2, 0.25) is 0 Å². The minimum absolute atomic E-state index is 0.147. The van der Waals surface area contributed by atoms with Crippen molar-refractivity contribution in [3.63, 3.8) is 0 Å². The van der Waals surface area contributed by atoms with Crippen LogP contribution in [0.3, 0.4) is 0 Å². The molecule has 1 fully saturated rings. The summed E-state index contributed by atoms with van der Waals surface area (Å²) < 4.78 is 16.0. The fourth-order valence-corrected chi connectivity index (χ4v) is 3.84. The summed E-state index contributed by atoms with van der Waals surface area (Å²) in [6, 6.07) is 12.2. The molecule has 1 heterocycles. The van der Waals surface area contributed by atoms with Crippen molar-refractivity contribution < 1.29 is 23.8 Å². The fourth-order valence-electron chi connectivity index (χ4n) is 2.86. The molecule has 1 amide bonds. The average Bonchev–Trinajstić information content (AvgIpc) is 3.03. The lowest BCUT2D eigenvalue weighted by atomic mass is 10.1. The van der Waals surface area contributed by atoms with Gasteiger partial charge in [-0.25, -0.2) is 9.79 Å². The van der Waals surface area contributed by atoms with Crippen molar-refractivity contribution in [1.29, 1.82) is 0 Å². The zero-order valence-electron chi connectivity index (χ0n) is 17.9. The van der Waals surface area contributed by atoms with Gasteiger partial charge in [0.25, 0.3) is 5.91 Å². The van der Waals surface area contributed by atoms with Gasteiger partial charge in [0, 0.05) is 18.7 Å². The molecule has 0 spiro atoms. The topological polar surface area (TPSA) is 77.4 Å². The Morgan fingerprint density at radius 2 is 1.81 bits per heavy atom. The first-order chi connectivity index (χ1) is 15.0. The first kappa shape index (κ1) is 22.4. The number of nitrogens with zero attached hydrogens (tertiary/aromatic N) is 2. The number of methoxy groups -OCH3 is 1. The van der Waals surface area contributed by atoms with Gasteiger partial charge in [0.1, 0.15) is 11.5 Å². The Balaban J connectivity index is 1.86. The number of benzene rings is 2. The van der Waals surface area contributed by atoms with Crippen LogP contribution in [0.1, 0.15) is 29.8 Å². The summed E-state index contributed by atoms with van der Waals surface area (Å²) in [7, 11) is 3.01. The molecular weight excluding hydrogens is 416 g/mol. The van der Waals surface area contributed by atoms with E-state index in [0.29, 0.717) is 46.0 Å². The van der Waals surface area contributed by atoms with Crippen molar-refractivity contribution in [2.75, 3.05) is 27.4 Å². The largest absolute Gasteiger partial charge is 0.494 e. The van der Waals surface area contributed by atoms with E-state index in [0.717, 1.165) is 5.56 Å². The van der Waals surface area contributed by atoms with E-state index in [1.807, 2.05) is 32.0 Å². The van der Waals surface area contributed by atoms with Crippen LogP contribution in [0.15, 0.2) is 52.4 Å². The van der Waals surface area contributed by atoms with Crippen molar-refractivity contribution >= 4 is 40.6 Å². The summed E-state index contributed by atoms with van der Waals surface area (Å²) in [5.41, 5.74) is 1.86. The van der Waals surface area contributed by atoms with Crippen LogP contribution in [0.4, 0.5) is 5.69 Å². The molecule has 2 aromatic rings. The van der Waals surface area contributed by atoms with Gasteiger partial charge in [-0.05, 0) is 68.1 Å². The molecule has 2 aromatic carbocycles. The molecule has 1 aliphatic heterocycles. The molecule has 162 valence electrons. The van der Waals surface area contributed by atoms with Gasteiger partial charge in [0.2, 0.25) is 0 Å². The molecule has 1 saturated heterocycles. The maximum absolute atomic E-state index is 12.8.